The zero-order chi connectivity index (χ0) is 16.0. The van der Waals surface area contributed by atoms with Crippen LogP contribution in [0.2, 0.25) is 0 Å². The number of sulfonamides is 1. The van der Waals surface area contributed by atoms with Crippen LogP contribution < -0.4 is 4.72 Å². The van der Waals surface area contributed by atoms with Crippen molar-refractivity contribution in [3.63, 3.8) is 0 Å². The molecule has 1 unspecified atom stereocenters. The van der Waals surface area contributed by atoms with Crippen molar-refractivity contribution in [2.24, 2.45) is 0 Å². The minimum atomic E-state index is -4.46. The van der Waals surface area contributed by atoms with Crippen LogP contribution in [0.4, 0.5) is 4.39 Å². The van der Waals surface area contributed by atoms with Gasteiger partial charge in [0.25, 0.3) is 10.0 Å². The molecule has 2 N–H and O–H groups in total. The number of methoxy groups -OCH3 is 1. The Balaban J connectivity index is 2.90. The summed E-state index contributed by atoms with van der Waals surface area (Å²) in [7, 11) is -3.34. The van der Waals surface area contributed by atoms with Gasteiger partial charge in [0.1, 0.15) is 6.04 Å². The number of carbonyl (C=O) groups is 2. The first-order valence-corrected chi connectivity index (χ1v) is 7.18. The molecule has 0 aromatic carbocycles. The van der Waals surface area contributed by atoms with Crippen molar-refractivity contribution in [3.05, 3.63) is 24.1 Å². The number of rotatable bonds is 7. The summed E-state index contributed by atoms with van der Waals surface area (Å²) >= 11 is 0. The Morgan fingerprint density at radius 3 is 2.71 bits per heavy atom. The minimum absolute atomic E-state index is 0.305. The fourth-order valence-corrected chi connectivity index (χ4v) is 2.64. The van der Waals surface area contributed by atoms with Crippen LogP contribution in [0.5, 0.6) is 0 Å². The summed E-state index contributed by atoms with van der Waals surface area (Å²) in [5.74, 6) is -3.30. The molecular weight excluding hydrogens is 307 g/mol. The maximum absolute atomic E-state index is 13.4. The molecule has 0 radical (unpaired) electrons. The number of hydrogen-bond acceptors (Lipinski definition) is 6. The van der Waals surface area contributed by atoms with E-state index in [9.17, 15) is 22.4 Å². The van der Waals surface area contributed by atoms with E-state index in [-0.39, 0.29) is 12.8 Å². The highest BCUT2D eigenvalue weighted by molar-refractivity contribution is 7.89. The van der Waals surface area contributed by atoms with Gasteiger partial charge in [-0.2, -0.15) is 4.72 Å². The van der Waals surface area contributed by atoms with Crippen LogP contribution in [0.15, 0.2) is 23.4 Å². The average Bonchev–Trinajstić information content (AvgIpc) is 2.42. The molecule has 1 rings (SSSR count). The molecular formula is C11H13FN2O6S. The van der Waals surface area contributed by atoms with Gasteiger partial charge in [-0.1, -0.05) is 0 Å². The van der Waals surface area contributed by atoms with E-state index in [1.807, 2.05) is 0 Å². The molecule has 8 nitrogen and oxygen atoms in total. The van der Waals surface area contributed by atoms with E-state index < -0.39 is 38.8 Å². The third kappa shape index (κ3) is 4.76. The van der Waals surface area contributed by atoms with Crippen LogP contribution in [0.25, 0.3) is 0 Å². The number of hydrogen-bond donors (Lipinski definition) is 2. The first-order chi connectivity index (χ1) is 9.77. The molecule has 0 aliphatic heterocycles. The molecule has 0 aliphatic rings. The Bertz CT molecular complexity index is 633. The van der Waals surface area contributed by atoms with Crippen molar-refractivity contribution >= 4 is 22.0 Å². The van der Waals surface area contributed by atoms with Crippen LogP contribution in [0.3, 0.4) is 0 Å². The van der Waals surface area contributed by atoms with Crippen LogP contribution in [-0.2, 0) is 24.3 Å². The topological polar surface area (TPSA) is 123 Å². The van der Waals surface area contributed by atoms with Crippen molar-refractivity contribution in [3.8, 4) is 0 Å². The lowest BCUT2D eigenvalue weighted by Gasteiger charge is -2.14. The number of pyridine rings is 1. The van der Waals surface area contributed by atoms with Crippen LogP contribution in [-0.4, -0.2) is 43.6 Å². The molecule has 0 spiro atoms. The van der Waals surface area contributed by atoms with E-state index in [1.54, 1.807) is 4.72 Å². The van der Waals surface area contributed by atoms with Gasteiger partial charge in [0.05, 0.1) is 7.11 Å². The molecule has 1 atom stereocenters. The summed E-state index contributed by atoms with van der Waals surface area (Å²) in [5, 5.41) is 8.04. The van der Waals surface area contributed by atoms with Gasteiger partial charge in [0.15, 0.2) is 5.82 Å². The van der Waals surface area contributed by atoms with Gasteiger partial charge >= 0.3 is 11.9 Å². The summed E-state index contributed by atoms with van der Waals surface area (Å²) in [5.41, 5.74) is 0. The number of aliphatic carboxylic acids is 1. The molecule has 1 aromatic rings. The number of carbonyl (C=O) groups excluding carboxylic acids is 1. The molecule has 21 heavy (non-hydrogen) atoms. The SMILES string of the molecule is COC(=O)CCC(NS(=O)(=O)c1ncccc1F)C(=O)O. The van der Waals surface area contributed by atoms with Gasteiger partial charge in [0.2, 0.25) is 5.03 Å². The maximum Gasteiger partial charge on any atom is 0.321 e. The average molecular weight is 320 g/mol. The van der Waals surface area contributed by atoms with E-state index in [1.165, 1.54) is 6.07 Å². The van der Waals surface area contributed by atoms with E-state index in [2.05, 4.69) is 9.72 Å². The molecule has 0 saturated carbocycles. The Labute approximate surface area is 120 Å². The van der Waals surface area contributed by atoms with Gasteiger partial charge in [-0.3, -0.25) is 9.59 Å². The van der Waals surface area contributed by atoms with Crippen molar-refractivity contribution in [1.82, 2.24) is 9.71 Å². The van der Waals surface area contributed by atoms with Gasteiger partial charge in [-0.25, -0.2) is 17.8 Å². The predicted molar refractivity (Wildman–Crippen MR) is 67.2 cm³/mol. The molecule has 1 aromatic heterocycles. The van der Waals surface area contributed by atoms with Gasteiger partial charge in [0, 0.05) is 12.6 Å². The minimum Gasteiger partial charge on any atom is -0.480 e. The Hall–Kier alpha value is -2.07. The number of halogens is 1. The van der Waals surface area contributed by atoms with Gasteiger partial charge < -0.3 is 9.84 Å². The maximum atomic E-state index is 13.4. The number of esters is 1. The predicted octanol–water partition coefficient (Wildman–Crippen LogP) is -0.0946. The molecule has 0 saturated heterocycles. The second-order valence-corrected chi connectivity index (χ2v) is 5.55. The van der Waals surface area contributed by atoms with Crippen molar-refractivity contribution < 1.29 is 32.2 Å². The fourth-order valence-electron chi connectivity index (χ4n) is 1.41. The molecule has 116 valence electrons. The van der Waals surface area contributed by atoms with E-state index in [4.69, 9.17) is 5.11 Å². The number of carboxylic acid groups (broad SMARTS) is 1. The van der Waals surface area contributed by atoms with Crippen LogP contribution >= 0.6 is 0 Å². The van der Waals surface area contributed by atoms with Crippen molar-refractivity contribution in [1.29, 1.82) is 0 Å². The number of aromatic nitrogens is 1. The molecule has 10 heteroatoms. The monoisotopic (exact) mass is 320 g/mol. The summed E-state index contributed by atoms with van der Waals surface area (Å²) < 4.78 is 43.3. The first kappa shape index (κ1) is 17.0. The summed E-state index contributed by atoms with van der Waals surface area (Å²) in [4.78, 5) is 25.3. The summed E-state index contributed by atoms with van der Waals surface area (Å²) in [6, 6.07) is 0.474. The van der Waals surface area contributed by atoms with Crippen LogP contribution in [0.1, 0.15) is 12.8 Å². The highest BCUT2D eigenvalue weighted by atomic mass is 32.2. The Morgan fingerprint density at radius 2 is 2.19 bits per heavy atom. The number of carboxylic acids is 1. The molecule has 0 aliphatic carbocycles. The second kappa shape index (κ2) is 7.09. The number of ether oxygens (including phenoxy) is 1. The van der Waals surface area contributed by atoms with Crippen LogP contribution in [0, 0.1) is 5.82 Å². The molecule has 1 heterocycles. The molecule has 0 bridgehead atoms. The lowest BCUT2D eigenvalue weighted by molar-refractivity contribution is -0.142. The van der Waals surface area contributed by atoms with E-state index in [0.717, 1.165) is 19.4 Å². The van der Waals surface area contributed by atoms with E-state index in [0.29, 0.717) is 0 Å². The largest absolute Gasteiger partial charge is 0.480 e. The van der Waals surface area contributed by atoms with Crippen molar-refractivity contribution in [2.45, 2.75) is 23.9 Å². The lowest BCUT2D eigenvalue weighted by atomic mass is 10.2. The highest BCUT2D eigenvalue weighted by Gasteiger charge is 2.28. The fraction of sp³-hybridized carbons (Fsp3) is 0.364. The smallest absolute Gasteiger partial charge is 0.321 e. The number of nitrogens with zero attached hydrogens (tertiary/aromatic N) is 1. The summed E-state index contributed by atoms with van der Waals surface area (Å²) in [6.07, 6.45) is 0.415. The number of nitrogens with one attached hydrogen (secondary N) is 1. The Kier molecular flexibility index (Phi) is 5.73. The van der Waals surface area contributed by atoms with Gasteiger partial charge in [-0.15, -0.1) is 0 Å². The lowest BCUT2D eigenvalue weighted by Crippen LogP contribution is -2.41. The van der Waals surface area contributed by atoms with Crippen molar-refractivity contribution in [2.75, 3.05) is 7.11 Å². The summed E-state index contributed by atoms with van der Waals surface area (Å²) in [6.45, 7) is 0. The third-order valence-corrected chi connectivity index (χ3v) is 3.84. The zero-order valence-electron chi connectivity index (χ0n) is 10.9. The highest BCUT2D eigenvalue weighted by Crippen LogP contribution is 2.12. The molecule has 0 amide bonds. The van der Waals surface area contributed by atoms with E-state index >= 15 is 0 Å². The Morgan fingerprint density at radius 1 is 1.52 bits per heavy atom. The standard InChI is InChI=1S/C11H13FN2O6S/c1-20-9(15)5-4-8(11(16)17)14-21(18,19)10-7(12)3-2-6-13-10/h2-3,6,8,14H,4-5H2,1H3,(H,16,17). The normalized spacial score (nSPS) is 12.7. The third-order valence-electron chi connectivity index (χ3n) is 2.44. The second-order valence-electron chi connectivity index (χ2n) is 3.92. The zero-order valence-corrected chi connectivity index (χ0v) is 11.8. The first-order valence-electron chi connectivity index (χ1n) is 5.70. The van der Waals surface area contributed by atoms with Gasteiger partial charge in [-0.05, 0) is 18.6 Å². The molecule has 0 fully saturated rings. The quantitative estimate of drug-likeness (QED) is 0.673.